The van der Waals surface area contributed by atoms with Crippen molar-refractivity contribution in [2.45, 2.75) is 38.1 Å². The van der Waals surface area contributed by atoms with Crippen LogP contribution in [0.25, 0.3) is 0 Å². The van der Waals surface area contributed by atoms with Crippen molar-refractivity contribution in [3.63, 3.8) is 0 Å². The molecule has 0 spiro atoms. The minimum Gasteiger partial charge on any atom is -0.478 e. The molecule has 0 aromatic heterocycles. The number of nitrogens with two attached hydrogens (primary N) is 1. The lowest BCUT2D eigenvalue weighted by Crippen LogP contribution is -2.35. The number of aromatic carboxylic acids is 1. The molecule has 3 rings (SSSR count). The van der Waals surface area contributed by atoms with Crippen molar-refractivity contribution in [3.05, 3.63) is 23.8 Å². The number of anilines is 2. The summed E-state index contributed by atoms with van der Waals surface area (Å²) in [5.41, 5.74) is 7.41. The Labute approximate surface area is 113 Å². The van der Waals surface area contributed by atoms with Crippen molar-refractivity contribution in [1.82, 2.24) is 0 Å². The number of fused-ring (bicyclic) bond motifs is 1. The normalized spacial score (nSPS) is 26.2. The number of rotatable bonds is 2. The second-order valence-electron chi connectivity index (χ2n) is 5.68. The minimum absolute atomic E-state index is 0.339. The maximum atomic E-state index is 11.4. The van der Waals surface area contributed by atoms with E-state index in [1.54, 1.807) is 12.1 Å². The molecular formula is C15H20N2O2. The van der Waals surface area contributed by atoms with E-state index in [1.165, 1.54) is 32.1 Å². The molecule has 2 unspecified atom stereocenters. The van der Waals surface area contributed by atoms with Crippen molar-refractivity contribution in [3.8, 4) is 0 Å². The number of nitrogens with zero attached hydrogens (tertiary/aromatic N) is 1. The number of benzene rings is 1. The topological polar surface area (TPSA) is 66.6 Å². The molecule has 4 heteroatoms. The highest BCUT2D eigenvalue weighted by atomic mass is 16.4. The summed E-state index contributed by atoms with van der Waals surface area (Å²) < 4.78 is 0. The van der Waals surface area contributed by atoms with Crippen LogP contribution in [-0.2, 0) is 0 Å². The summed E-state index contributed by atoms with van der Waals surface area (Å²) in [6, 6.07) is 5.78. The zero-order chi connectivity index (χ0) is 13.4. The average Bonchev–Trinajstić information content (AvgIpc) is 2.82. The van der Waals surface area contributed by atoms with E-state index in [0.717, 1.165) is 18.2 Å². The van der Waals surface area contributed by atoms with Gasteiger partial charge in [0.2, 0.25) is 0 Å². The van der Waals surface area contributed by atoms with Gasteiger partial charge in [0.05, 0.1) is 11.3 Å². The molecule has 1 aliphatic carbocycles. The average molecular weight is 260 g/mol. The van der Waals surface area contributed by atoms with Gasteiger partial charge in [0.25, 0.3) is 0 Å². The molecule has 4 nitrogen and oxygen atoms in total. The third kappa shape index (κ3) is 2.15. The Morgan fingerprint density at radius 2 is 2.05 bits per heavy atom. The molecule has 1 aromatic rings. The fraction of sp³-hybridized carbons (Fsp3) is 0.533. The van der Waals surface area contributed by atoms with Crippen molar-refractivity contribution < 1.29 is 9.90 Å². The van der Waals surface area contributed by atoms with E-state index < -0.39 is 5.97 Å². The molecule has 3 N–H and O–H groups in total. The fourth-order valence-corrected chi connectivity index (χ4v) is 3.68. The highest BCUT2D eigenvalue weighted by Crippen LogP contribution is 2.40. The molecule has 2 fully saturated rings. The van der Waals surface area contributed by atoms with E-state index in [0.29, 0.717) is 17.3 Å². The lowest BCUT2D eigenvalue weighted by Gasteiger charge is -2.33. The Balaban J connectivity index is 1.95. The van der Waals surface area contributed by atoms with Gasteiger partial charge in [-0.2, -0.15) is 0 Å². The predicted octanol–water partition coefficient (Wildman–Crippen LogP) is 2.74. The number of carboxylic acids is 1. The van der Waals surface area contributed by atoms with Gasteiger partial charge in [0.1, 0.15) is 0 Å². The van der Waals surface area contributed by atoms with E-state index in [9.17, 15) is 9.90 Å². The molecule has 2 aliphatic rings. The number of hydrogen-bond acceptors (Lipinski definition) is 3. The van der Waals surface area contributed by atoms with Gasteiger partial charge in [-0.1, -0.05) is 12.8 Å². The zero-order valence-corrected chi connectivity index (χ0v) is 11.0. The molecule has 2 atom stereocenters. The first kappa shape index (κ1) is 12.3. The second kappa shape index (κ2) is 4.76. The van der Waals surface area contributed by atoms with Crippen LogP contribution in [0.2, 0.25) is 0 Å². The third-order valence-electron chi connectivity index (χ3n) is 4.57. The van der Waals surface area contributed by atoms with Crippen LogP contribution in [0.4, 0.5) is 11.4 Å². The molecule has 102 valence electrons. The highest BCUT2D eigenvalue weighted by molar-refractivity contribution is 5.95. The molecule has 0 bridgehead atoms. The molecule has 19 heavy (non-hydrogen) atoms. The summed E-state index contributed by atoms with van der Waals surface area (Å²) in [5, 5.41) is 9.36. The van der Waals surface area contributed by atoms with E-state index in [4.69, 9.17) is 5.73 Å². The summed E-state index contributed by atoms with van der Waals surface area (Å²) in [6.07, 6.45) is 6.25. The lowest BCUT2D eigenvalue weighted by atomic mass is 9.85. The predicted molar refractivity (Wildman–Crippen MR) is 75.5 cm³/mol. The van der Waals surface area contributed by atoms with Crippen molar-refractivity contribution in [2.24, 2.45) is 5.92 Å². The van der Waals surface area contributed by atoms with Gasteiger partial charge in [-0.25, -0.2) is 4.79 Å². The first-order chi connectivity index (χ1) is 9.16. The van der Waals surface area contributed by atoms with Crippen LogP contribution in [0.1, 0.15) is 42.5 Å². The number of carbonyl (C=O) groups is 1. The standard InChI is InChI=1S/C15H20N2O2/c16-11-5-6-14(12(9-11)15(18)19)17-8-7-10-3-1-2-4-13(10)17/h5-6,9-10,13H,1-4,7-8,16H2,(H,18,19). The van der Waals surface area contributed by atoms with Crippen LogP contribution in [-0.4, -0.2) is 23.7 Å². The van der Waals surface area contributed by atoms with Crippen LogP contribution < -0.4 is 10.6 Å². The van der Waals surface area contributed by atoms with E-state index in [-0.39, 0.29) is 0 Å². The Hall–Kier alpha value is -1.71. The molecule has 0 radical (unpaired) electrons. The second-order valence-corrected chi connectivity index (χ2v) is 5.68. The third-order valence-corrected chi connectivity index (χ3v) is 4.57. The van der Waals surface area contributed by atoms with Gasteiger partial charge in [-0.05, 0) is 43.4 Å². The number of carboxylic acid groups (broad SMARTS) is 1. The lowest BCUT2D eigenvalue weighted by molar-refractivity contribution is 0.0697. The summed E-state index contributed by atoms with van der Waals surface area (Å²) >= 11 is 0. The molecule has 1 saturated carbocycles. The Morgan fingerprint density at radius 1 is 1.26 bits per heavy atom. The summed E-state index contributed by atoms with van der Waals surface area (Å²) in [5.74, 6) is -0.144. The molecule has 1 aromatic carbocycles. The van der Waals surface area contributed by atoms with Crippen molar-refractivity contribution >= 4 is 17.3 Å². The van der Waals surface area contributed by atoms with E-state index >= 15 is 0 Å². The molecular weight excluding hydrogens is 240 g/mol. The molecule has 1 aliphatic heterocycles. The van der Waals surface area contributed by atoms with Gasteiger partial charge >= 0.3 is 5.97 Å². The highest BCUT2D eigenvalue weighted by Gasteiger charge is 2.36. The molecule has 1 heterocycles. The zero-order valence-electron chi connectivity index (χ0n) is 11.0. The molecule has 0 amide bonds. The smallest absolute Gasteiger partial charge is 0.337 e. The van der Waals surface area contributed by atoms with Gasteiger partial charge in [-0.3, -0.25) is 0 Å². The maximum absolute atomic E-state index is 11.4. The maximum Gasteiger partial charge on any atom is 0.337 e. The Morgan fingerprint density at radius 3 is 2.84 bits per heavy atom. The number of nitrogen functional groups attached to an aromatic ring is 1. The van der Waals surface area contributed by atoms with Crippen LogP contribution in [0, 0.1) is 5.92 Å². The molecule has 1 saturated heterocycles. The largest absolute Gasteiger partial charge is 0.478 e. The quantitative estimate of drug-likeness (QED) is 0.802. The summed E-state index contributed by atoms with van der Waals surface area (Å²) in [4.78, 5) is 13.7. The van der Waals surface area contributed by atoms with Crippen LogP contribution in [0.3, 0.4) is 0 Å². The minimum atomic E-state index is -0.887. The van der Waals surface area contributed by atoms with E-state index in [1.807, 2.05) is 6.07 Å². The summed E-state index contributed by atoms with van der Waals surface area (Å²) in [6.45, 7) is 0.972. The van der Waals surface area contributed by atoms with Gasteiger partial charge in [0.15, 0.2) is 0 Å². The monoisotopic (exact) mass is 260 g/mol. The van der Waals surface area contributed by atoms with Crippen molar-refractivity contribution in [2.75, 3.05) is 17.2 Å². The van der Waals surface area contributed by atoms with Gasteiger partial charge in [0, 0.05) is 18.3 Å². The first-order valence-electron chi connectivity index (χ1n) is 7.06. The van der Waals surface area contributed by atoms with Crippen LogP contribution in [0.15, 0.2) is 18.2 Å². The van der Waals surface area contributed by atoms with Crippen molar-refractivity contribution in [1.29, 1.82) is 0 Å². The Bertz CT molecular complexity index is 501. The van der Waals surface area contributed by atoms with E-state index in [2.05, 4.69) is 4.90 Å². The van der Waals surface area contributed by atoms with Crippen LogP contribution >= 0.6 is 0 Å². The number of hydrogen-bond donors (Lipinski definition) is 2. The fourth-order valence-electron chi connectivity index (χ4n) is 3.68. The van der Waals surface area contributed by atoms with Gasteiger partial charge in [-0.15, -0.1) is 0 Å². The first-order valence-corrected chi connectivity index (χ1v) is 7.06. The van der Waals surface area contributed by atoms with Gasteiger partial charge < -0.3 is 15.7 Å². The summed E-state index contributed by atoms with van der Waals surface area (Å²) in [7, 11) is 0. The Kier molecular flexibility index (Phi) is 3.09. The van der Waals surface area contributed by atoms with Crippen LogP contribution in [0.5, 0.6) is 0 Å². The SMILES string of the molecule is Nc1ccc(N2CCC3CCCCC32)c(C(=O)O)c1.